The summed E-state index contributed by atoms with van der Waals surface area (Å²) in [5.41, 5.74) is 2.48. The van der Waals surface area contributed by atoms with Gasteiger partial charge in [0.25, 0.3) is 0 Å². The Labute approximate surface area is 131 Å². The van der Waals surface area contributed by atoms with Gasteiger partial charge in [0.2, 0.25) is 5.16 Å². The summed E-state index contributed by atoms with van der Waals surface area (Å²) in [6.45, 7) is 2.15. The Balaban J connectivity index is 1.87. The lowest BCUT2D eigenvalue weighted by Crippen LogP contribution is -2.07. The van der Waals surface area contributed by atoms with E-state index >= 15 is 0 Å². The van der Waals surface area contributed by atoms with E-state index < -0.39 is 0 Å². The number of benzene rings is 1. The van der Waals surface area contributed by atoms with Crippen molar-refractivity contribution in [2.24, 2.45) is 0 Å². The van der Waals surface area contributed by atoms with Crippen LogP contribution in [-0.4, -0.2) is 38.1 Å². The molecule has 3 rings (SSSR count). The topological polar surface area (TPSA) is 69.4 Å². The van der Waals surface area contributed by atoms with E-state index in [1.165, 1.54) is 11.8 Å². The van der Waals surface area contributed by atoms with Crippen molar-refractivity contribution in [3.8, 4) is 11.3 Å². The van der Waals surface area contributed by atoms with Gasteiger partial charge in [-0.15, -0.1) is 10.2 Å². The number of rotatable bonds is 5. The van der Waals surface area contributed by atoms with Crippen LogP contribution in [0.3, 0.4) is 0 Å². The summed E-state index contributed by atoms with van der Waals surface area (Å²) < 4.78 is 6.55. The molecule has 112 valence electrons. The normalized spacial score (nSPS) is 10.8. The van der Waals surface area contributed by atoms with Crippen LogP contribution < -0.4 is 0 Å². The third-order valence-corrected chi connectivity index (χ3v) is 3.82. The van der Waals surface area contributed by atoms with Crippen LogP contribution in [0.25, 0.3) is 16.9 Å². The maximum atomic E-state index is 11.4. The maximum Gasteiger partial charge on any atom is 0.316 e. The highest BCUT2D eigenvalue weighted by molar-refractivity contribution is 7.99. The fourth-order valence-electron chi connectivity index (χ4n) is 1.95. The lowest BCUT2D eigenvalue weighted by atomic mass is 10.1. The molecule has 2 heterocycles. The highest BCUT2D eigenvalue weighted by Crippen LogP contribution is 2.20. The molecule has 0 aliphatic rings. The highest BCUT2D eigenvalue weighted by Gasteiger charge is 2.11. The Morgan fingerprint density at radius 1 is 1.18 bits per heavy atom. The number of carbonyl (C=O) groups is 1. The van der Waals surface area contributed by atoms with Crippen molar-refractivity contribution in [3.05, 3.63) is 42.5 Å². The molecule has 7 heteroatoms. The van der Waals surface area contributed by atoms with E-state index in [1.807, 2.05) is 42.5 Å². The van der Waals surface area contributed by atoms with Crippen LogP contribution in [0.1, 0.15) is 6.92 Å². The SMILES string of the molecule is CCOC(=O)CSc1nnc2ccc(-c3ccccc3)nn12. The van der Waals surface area contributed by atoms with Crippen molar-refractivity contribution >= 4 is 23.4 Å². The van der Waals surface area contributed by atoms with Crippen LogP contribution in [0.15, 0.2) is 47.6 Å². The summed E-state index contributed by atoms with van der Waals surface area (Å²) in [6, 6.07) is 13.6. The van der Waals surface area contributed by atoms with Crippen molar-refractivity contribution in [1.82, 2.24) is 19.8 Å². The number of ether oxygens (including phenoxy) is 1. The third-order valence-electron chi connectivity index (χ3n) is 2.93. The number of thioether (sulfide) groups is 1. The fraction of sp³-hybridized carbons (Fsp3) is 0.200. The Kier molecular flexibility index (Phi) is 4.34. The van der Waals surface area contributed by atoms with Crippen LogP contribution >= 0.6 is 11.8 Å². The lowest BCUT2D eigenvalue weighted by molar-refractivity contribution is -0.139. The molecule has 22 heavy (non-hydrogen) atoms. The Bertz CT molecular complexity index is 789. The van der Waals surface area contributed by atoms with Crippen LogP contribution in [0.5, 0.6) is 0 Å². The molecule has 0 aliphatic heterocycles. The predicted octanol–water partition coefficient (Wildman–Crippen LogP) is 2.45. The molecule has 0 saturated carbocycles. The molecule has 0 amide bonds. The van der Waals surface area contributed by atoms with Crippen molar-refractivity contribution in [2.75, 3.05) is 12.4 Å². The number of nitrogens with zero attached hydrogens (tertiary/aromatic N) is 4. The minimum Gasteiger partial charge on any atom is -0.465 e. The molecule has 6 nitrogen and oxygen atoms in total. The molecular weight excluding hydrogens is 300 g/mol. The first-order valence-corrected chi connectivity index (χ1v) is 7.83. The first kappa shape index (κ1) is 14.5. The predicted molar refractivity (Wildman–Crippen MR) is 83.6 cm³/mol. The summed E-state index contributed by atoms with van der Waals surface area (Å²) in [6.07, 6.45) is 0. The molecule has 0 bridgehead atoms. The summed E-state index contributed by atoms with van der Waals surface area (Å²) >= 11 is 1.26. The second kappa shape index (κ2) is 6.57. The van der Waals surface area contributed by atoms with Gasteiger partial charge in [0.1, 0.15) is 0 Å². The fourth-order valence-corrected chi connectivity index (χ4v) is 2.63. The van der Waals surface area contributed by atoms with Gasteiger partial charge in [0, 0.05) is 5.56 Å². The van der Waals surface area contributed by atoms with Crippen LogP contribution in [0.4, 0.5) is 0 Å². The van der Waals surface area contributed by atoms with Gasteiger partial charge in [-0.25, -0.2) is 0 Å². The first-order valence-electron chi connectivity index (χ1n) is 6.84. The Morgan fingerprint density at radius 3 is 2.77 bits per heavy atom. The van der Waals surface area contributed by atoms with Gasteiger partial charge in [0.15, 0.2) is 5.65 Å². The molecule has 0 aliphatic carbocycles. The quantitative estimate of drug-likeness (QED) is 0.532. The molecule has 0 N–H and O–H groups in total. The largest absolute Gasteiger partial charge is 0.465 e. The van der Waals surface area contributed by atoms with Crippen molar-refractivity contribution < 1.29 is 9.53 Å². The van der Waals surface area contributed by atoms with E-state index in [0.29, 0.717) is 17.4 Å². The zero-order valence-corrected chi connectivity index (χ0v) is 12.8. The number of hydrogen-bond acceptors (Lipinski definition) is 6. The summed E-state index contributed by atoms with van der Waals surface area (Å²) in [4.78, 5) is 11.4. The molecule has 0 radical (unpaired) electrons. The van der Waals surface area contributed by atoms with Crippen LogP contribution in [0, 0.1) is 0 Å². The minimum atomic E-state index is -0.275. The monoisotopic (exact) mass is 314 g/mol. The molecule has 0 unspecified atom stereocenters. The number of esters is 1. The molecule has 3 aromatic rings. The summed E-state index contributed by atoms with van der Waals surface area (Å²) in [7, 11) is 0. The van der Waals surface area contributed by atoms with E-state index in [0.717, 1.165) is 11.3 Å². The molecular formula is C15H14N4O2S. The summed E-state index contributed by atoms with van der Waals surface area (Å²) in [5, 5.41) is 13.2. The number of fused-ring (bicyclic) bond motifs is 1. The van der Waals surface area contributed by atoms with E-state index in [-0.39, 0.29) is 11.7 Å². The van der Waals surface area contributed by atoms with E-state index in [9.17, 15) is 4.79 Å². The van der Waals surface area contributed by atoms with Gasteiger partial charge in [-0.3, -0.25) is 4.79 Å². The molecule has 0 fully saturated rings. The first-order chi connectivity index (χ1) is 10.8. The van der Waals surface area contributed by atoms with Crippen LogP contribution in [-0.2, 0) is 9.53 Å². The minimum absolute atomic E-state index is 0.186. The molecule has 0 atom stereocenters. The van der Waals surface area contributed by atoms with Crippen molar-refractivity contribution in [1.29, 1.82) is 0 Å². The van der Waals surface area contributed by atoms with E-state index in [4.69, 9.17) is 4.74 Å². The number of aromatic nitrogens is 4. The number of carbonyl (C=O) groups excluding carboxylic acids is 1. The maximum absolute atomic E-state index is 11.4. The number of hydrogen-bond donors (Lipinski definition) is 0. The Hall–Kier alpha value is -2.41. The average Bonchev–Trinajstić information content (AvgIpc) is 2.96. The molecule has 1 aromatic carbocycles. The Morgan fingerprint density at radius 2 is 2.00 bits per heavy atom. The van der Waals surface area contributed by atoms with Crippen LogP contribution in [0.2, 0.25) is 0 Å². The average molecular weight is 314 g/mol. The zero-order chi connectivity index (χ0) is 15.4. The smallest absolute Gasteiger partial charge is 0.316 e. The van der Waals surface area contributed by atoms with Gasteiger partial charge in [-0.2, -0.15) is 9.61 Å². The van der Waals surface area contributed by atoms with Gasteiger partial charge in [-0.1, -0.05) is 42.1 Å². The van der Waals surface area contributed by atoms with E-state index in [1.54, 1.807) is 11.4 Å². The van der Waals surface area contributed by atoms with Crippen molar-refractivity contribution in [3.63, 3.8) is 0 Å². The molecule has 2 aromatic heterocycles. The van der Waals surface area contributed by atoms with E-state index in [2.05, 4.69) is 15.3 Å². The van der Waals surface area contributed by atoms with Gasteiger partial charge >= 0.3 is 5.97 Å². The third kappa shape index (κ3) is 3.09. The standard InChI is InChI=1S/C15H14N4O2S/c1-2-21-14(20)10-22-15-17-16-13-9-8-12(18-19(13)15)11-6-4-3-5-7-11/h3-9H,2,10H2,1H3. The molecule has 0 saturated heterocycles. The molecule has 0 spiro atoms. The highest BCUT2D eigenvalue weighted by atomic mass is 32.2. The van der Waals surface area contributed by atoms with Crippen molar-refractivity contribution in [2.45, 2.75) is 12.1 Å². The second-order valence-electron chi connectivity index (χ2n) is 4.43. The van der Waals surface area contributed by atoms with Gasteiger partial charge < -0.3 is 4.74 Å². The lowest BCUT2D eigenvalue weighted by Gasteiger charge is -2.03. The van der Waals surface area contributed by atoms with Gasteiger partial charge in [0.05, 0.1) is 18.1 Å². The second-order valence-corrected chi connectivity index (χ2v) is 5.37. The zero-order valence-electron chi connectivity index (χ0n) is 12.0. The van der Waals surface area contributed by atoms with Gasteiger partial charge in [-0.05, 0) is 19.1 Å². The summed E-state index contributed by atoms with van der Waals surface area (Å²) in [5.74, 6) is -0.0882.